The fraction of sp³-hybridized carbons (Fsp3) is 0.550. The van der Waals surface area contributed by atoms with Crippen molar-refractivity contribution in [3.63, 3.8) is 0 Å². The predicted molar refractivity (Wildman–Crippen MR) is 101 cm³/mol. The lowest BCUT2D eigenvalue weighted by Gasteiger charge is -2.28. The van der Waals surface area contributed by atoms with Gasteiger partial charge in [-0.05, 0) is 37.3 Å². The summed E-state index contributed by atoms with van der Waals surface area (Å²) in [7, 11) is 0. The first kappa shape index (κ1) is 18.1. The number of hydrogen-bond acceptors (Lipinski definition) is 6. The number of ether oxygens (including phenoxy) is 1. The van der Waals surface area contributed by atoms with Crippen molar-refractivity contribution in [2.75, 3.05) is 13.2 Å². The predicted octanol–water partition coefficient (Wildman–Crippen LogP) is 3.41. The van der Waals surface area contributed by atoms with Crippen molar-refractivity contribution in [1.82, 2.24) is 24.8 Å². The van der Waals surface area contributed by atoms with Gasteiger partial charge in [0.25, 0.3) is 0 Å². The summed E-state index contributed by atoms with van der Waals surface area (Å²) in [6.07, 6.45) is 6.02. The Morgan fingerprint density at radius 2 is 2.07 bits per heavy atom. The van der Waals surface area contributed by atoms with Crippen LogP contribution in [0.25, 0.3) is 5.65 Å². The average Bonchev–Trinajstić information content (AvgIpc) is 3.30. The minimum absolute atomic E-state index is 0.0178. The summed E-state index contributed by atoms with van der Waals surface area (Å²) >= 11 is 0. The van der Waals surface area contributed by atoms with Crippen LogP contribution in [0.3, 0.4) is 0 Å². The molecule has 0 radical (unpaired) electrons. The summed E-state index contributed by atoms with van der Waals surface area (Å²) in [5.41, 5.74) is 3.29. The van der Waals surface area contributed by atoms with Gasteiger partial charge in [0.2, 0.25) is 5.89 Å². The van der Waals surface area contributed by atoms with Crippen molar-refractivity contribution in [1.29, 1.82) is 0 Å². The lowest BCUT2D eigenvalue weighted by Crippen LogP contribution is -2.32. The second-order valence-corrected chi connectivity index (χ2v) is 7.64. The third-order valence-electron chi connectivity index (χ3n) is 5.21. The molecule has 0 spiro atoms. The van der Waals surface area contributed by atoms with Crippen LogP contribution in [0.5, 0.6) is 0 Å². The monoisotopic (exact) mass is 369 g/mol. The Kier molecular flexibility index (Phi) is 5.22. The Bertz CT molecular complexity index is 895. The minimum Gasteiger partial charge on any atom is -0.381 e. The van der Waals surface area contributed by atoms with Gasteiger partial charge in [-0.2, -0.15) is 4.98 Å². The van der Waals surface area contributed by atoms with E-state index in [-0.39, 0.29) is 12.0 Å². The highest BCUT2D eigenvalue weighted by molar-refractivity contribution is 5.41. The van der Waals surface area contributed by atoms with Gasteiger partial charge >= 0.3 is 0 Å². The molecule has 4 heterocycles. The van der Waals surface area contributed by atoms with Crippen LogP contribution in [-0.2, 0) is 11.3 Å². The van der Waals surface area contributed by atoms with E-state index >= 15 is 0 Å². The van der Waals surface area contributed by atoms with Crippen LogP contribution in [0.15, 0.2) is 29.0 Å². The van der Waals surface area contributed by atoms with E-state index in [4.69, 9.17) is 9.26 Å². The molecule has 4 rings (SSSR count). The van der Waals surface area contributed by atoms with E-state index in [2.05, 4.69) is 57.9 Å². The number of nitrogens with one attached hydrogen (secondary N) is 1. The first-order chi connectivity index (χ1) is 13.1. The van der Waals surface area contributed by atoms with Gasteiger partial charge in [-0.25, -0.2) is 4.98 Å². The number of aromatic nitrogens is 4. The number of aryl methyl sites for hydroxylation is 1. The van der Waals surface area contributed by atoms with Crippen molar-refractivity contribution < 1.29 is 9.26 Å². The highest BCUT2D eigenvalue weighted by Crippen LogP contribution is 2.30. The van der Waals surface area contributed by atoms with Crippen molar-refractivity contribution in [2.24, 2.45) is 5.92 Å². The SMILES string of the molecule is Cc1ccc2ncc(CN[C@@H](c3nc(C(C)C)no3)C3CCOCC3)n2c1. The molecule has 0 aliphatic carbocycles. The Balaban J connectivity index is 1.57. The van der Waals surface area contributed by atoms with Gasteiger partial charge in [0.05, 0.1) is 17.9 Å². The highest BCUT2D eigenvalue weighted by atomic mass is 16.5. The van der Waals surface area contributed by atoms with Gasteiger partial charge in [-0.15, -0.1) is 0 Å². The largest absolute Gasteiger partial charge is 0.381 e. The molecule has 1 N–H and O–H groups in total. The van der Waals surface area contributed by atoms with Crippen LogP contribution in [0.4, 0.5) is 0 Å². The molecule has 144 valence electrons. The van der Waals surface area contributed by atoms with E-state index in [0.29, 0.717) is 18.4 Å². The van der Waals surface area contributed by atoms with Gasteiger partial charge in [-0.1, -0.05) is 25.1 Å². The number of imidazole rings is 1. The molecule has 0 aromatic carbocycles. The van der Waals surface area contributed by atoms with E-state index in [1.165, 1.54) is 5.56 Å². The van der Waals surface area contributed by atoms with E-state index in [9.17, 15) is 0 Å². The summed E-state index contributed by atoms with van der Waals surface area (Å²) in [4.78, 5) is 9.16. The molecule has 3 aromatic heterocycles. The number of pyridine rings is 1. The van der Waals surface area contributed by atoms with E-state index in [1.54, 1.807) is 0 Å². The molecule has 1 atom stereocenters. The summed E-state index contributed by atoms with van der Waals surface area (Å²) in [5.74, 6) is 2.10. The molecular weight excluding hydrogens is 342 g/mol. The first-order valence-electron chi connectivity index (χ1n) is 9.69. The molecule has 1 aliphatic rings. The van der Waals surface area contributed by atoms with Crippen LogP contribution < -0.4 is 5.32 Å². The van der Waals surface area contributed by atoms with Crippen LogP contribution in [0.1, 0.15) is 61.6 Å². The molecule has 0 saturated carbocycles. The van der Waals surface area contributed by atoms with Crippen molar-refractivity contribution in [3.8, 4) is 0 Å². The molecule has 3 aromatic rings. The van der Waals surface area contributed by atoms with Crippen LogP contribution in [-0.4, -0.2) is 32.7 Å². The molecule has 7 heteroatoms. The van der Waals surface area contributed by atoms with Crippen LogP contribution in [0.2, 0.25) is 0 Å². The molecule has 1 saturated heterocycles. The van der Waals surface area contributed by atoms with E-state index < -0.39 is 0 Å². The van der Waals surface area contributed by atoms with Crippen LogP contribution >= 0.6 is 0 Å². The number of nitrogens with zero attached hydrogens (tertiary/aromatic N) is 4. The number of fused-ring (bicyclic) bond motifs is 1. The second-order valence-electron chi connectivity index (χ2n) is 7.64. The molecule has 1 fully saturated rings. The summed E-state index contributed by atoms with van der Waals surface area (Å²) < 4.78 is 13.3. The Morgan fingerprint density at radius 3 is 2.81 bits per heavy atom. The van der Waals surface area contributed by atoms with Gasteiger partial charge in [0, 0.05) is 31.9 Å². The van der Waals surface area contributed by atoms with Gasteiger partial charge in [0.1, 0.15) is 5.65 Å². The first-order valence-corrected chi connectivity index (χ1v) is 9.69. The lowest BCUT2D eigenvalue weighted by molar-refractivity contribution is 0.0485. The molecule has 7 nitrogen and oxygen atoms in total. The topological polar surface area (TPSA) is 77.5 Å². The average molecular weight is 369 g/mol. The lowest BCUT2D eigenvalue weighted by atomic mass is 9.91. The summed E-state index contributed by atoms with van der Waals surface area (Å²) in [6.45, 7) is 8.49. The smallest absolute Gasteiger partial charge is 0.244 e. The van der Waals surface area contributed by atoms with Crippen molar-refractivity contribution >= 4 is 5.65 Å². The molecule has 0 amide bonds. The normalized spacial score (nSPS) is 17.0. The maximum atomic E-state index is 5.63. The zero-order valence-corrected chi connectivity index (χ0v) is 16.2. The standard InChI is InChI=1S/C20H27N5O2/c1-13(2)19-23-20(27-24-19)18(15-6-8-26-9-7-15)22-11-16-10-21-17-5-4-14(3)12-25(16)17/h4-5,10,12-13,15,18,22H,6-9,11H2,1-3H3/t18-/m1/s1. The van der Waals surface area contributed by atoms with Crippen molar-refractivity contribution in [2.45, 2.75) is 52.1 Å². The quantitative estimate of drug-likeness (QED) is 0.717. The Hall–Kier alpha value is -2.25. The summed E-state index contributed by atoms with van der Waals surface area (Å²) in [6, 6.07) is 4.14. The van der Waals surface area contributed by atoms with Gasteiger partial charge in [0.15, 0.2) is 5.82 Å². The summed E-state index contributed by atoms with van der Waals surface area (Å²) in [5, 5.41) is 7.82. The molecule has 27 heavy (non-hydrogen) atoms. The fourth-order valence-electron chi connectivity index (χ4n) is 3.60. The Morgan fingerprint density at radius 1 is 1.26 bits per heavy atom. The van der Waals surface area contributed by atoms with E-state index in [0.717, 1.165) is 43.2 Å². The molecule has 0 bridgehead atoms. The fourth-order valence-corrected chi connectivity index (χ4v) is 3.60. The highest BCUT2D eigenvalue weighted by Gasteiger charge is 2.30. The van der Waals surface area contributed by atoms with E-state index in [1.807, 2.05) is 12.3 Å². The molecule has 1 aliphatic heterocycles. The van der Waals surface area contributed by atoms with Crippen molar-refractivity contribution in [3.05, 3.63) is 47.5 Å². The van der Waals surface area contributed by atoms with Gasteiger partial charge in [-0.3, -0.25) is 5.32 Å². The Labute approximate surface area is 159 Å². The zero-order chi connectivity index (χ0) is 18.8. The maximum Gasteiger partial charge on any atom is 0.244 e. The molecular formula is C20H27N5O2. The second kappa shape index (κ2) is 7.78. The third-order valence-corrected chi connectivity index (χ3v) is 5.21. The minimum atomic E-state index is 0.0178. The third kappa shape index (κ3) is 3.89. The zero-order valence-electron chi connectivity index (χ0n) is 16.2. The van der Waals surface area contributed by atoms with Gasteiger partial charge < -0.3 is 13.7 Å². The number of hydrogen-bond donors (Lipinski definition) is 1. The number of rotatable bonds is 6. The van der Waals surface area contributed by atoms with Crippen LogP contribution in [0, 0.1) is 12.8 Å². The molecule has 0 unspecified atom stereocenters. The maximum absolute atomic E-state index is 5.63.